The second-order valence-corrected chi connectivity index (χ2v) is 6.12. The van der Waals surface area contributed by atoms with Crippen LogP contribution in [-0.2, 0) is 18.9 Å². The zero-order chi connectivity index (χ0) is 17.8. The molecule has 2 N–H and O–H groups in total. The zero-order valence-electron chi connectivity index (χ0n) is 12.8. The van der Waals surface area contributed by atoms with E-state index in [0.29, 0.717) is 19.8 Å². The van der Waals surface area contributed by atoms with Crippen molar-refractivity contribution in [1.29, 1.82) is 0 Å². The van der Waals surface area contributed by atoms with Gasteiger partial charge in [0.05, 0.1) is 36.5 Å². The highest BCUT2D eigenvalue weighted by Gasteiger charge is 2.68. The van der Waals surface area contributed by atoms with Crippen LogP contribution in [0, 0.1) is 0 Å². The number of hydrogen-bond donors (Lipinski definition) is 2. The Bertz CT molecular complexity index is 695. The minimum atomic E-state index is -1.34. The molecule has 0 aromatic heterocycles. The minimum Gasteiger partial charge on any atom is -0.478 e. The summed E-state index contributed by atoms with van der Waals surface area (Å²) in [5.41, 5.74) is -1.88. The number of carboxylic acid groups (broad SMARTS) is 2. The number of carbonyl (C=O) groups is 3. The van der Waals surface area contributed by atoms with E-state index in [1.165, 1.54) is 0 Å². The van der Waals surface area contributed by atoms with Crippen molar-refractivity contribution in [2.24, 2.45) is 0 Å². The van der Waals surface area contributed by atoms with Crippen LogP contribution in [0.3, 0.4) is 0 Å². The van der Waals surface area contributed by atoms with Crippen molar-refractivity contribution in [3.05, 3.63) is 34.9 Å². The average Bonchev–Trinajstić information content (AvgIpc) is 3.42. The van der Waals surface area contributed by atoms with Gasteiger partial charge in [0.15, 0.2) is 5.60 Å². The molecule has 1 aromatic rings. The predicted octanol–water partition coefficient (Wildman–Crippen LogP) is 0.175. The van der Waals surface area contributed by atoms with E-state index in [0.717, 1.165) is 18.2 Å². The highest BCUT2D eigenvalue weighted by Crippen LogP contribution is 2.46. The van der Waals surface area contributed by atoms with Gasteiger partial charge < -0.3 is 29.2 Å². The Morgan fingerprint density at radius 3 is 1.52 bits per heavy atom. The molecule has 3 aliphatic rings. The SMILES string of the molecule is O=C(O)c1cc(C(=O)O)cc(C(=O)OC(C2CO2)(C2CO2)C2CO2)c1. The molecule has 1 aromatic carbocycles. The first-order chi connectivity index (χ1) is 11.9. The number of esters is 1. The van der Waals surface area contributed by atoms with Gasteiger partial charge in [-0.3, -0.25) is 0 Å². The fraction of sp³-hybridized carbons (Fsp3) is 0.438. The molecule has 0 bridgehead atoms. The summed E-state index contributed by atoms with van der Waals surface area (Å²) in [4.78, 5) is 35.0. The van der Waals surface area contributed by atoms with Gasteiger partial charge in [0.1, 0.15) is 18.3 Å². The standard InChI is InChI=1S/C16H14O9/c17-13(18)7-1-8(14(19)20)3-9(2-7)15(21)25-16(10-4-22-10,11-5-23-11)12-6-24-12/h1-3,10-12H,4-6H2,(H,17,18)(H,19,20). The van der Waals surface area contributed by atoms with E-state index in [2.05, 4.69) is 0 Å². The zero-order valence-corrected chi connectivity index (χ0v) is 12.8. The molecular weight excluding hydrogens is 336 g/mol. The Kier molecular flexibility index (Phi) is 3.53. The summed E-state index contributed by atoms with van der Waals surface area (Å²) >= 11 is 0. The second kappa shape index (κ2) is 5.51. The average molecular weight is 350 g/mol. The number of hydrogen-bond acceptors (Lipinski definition) is 7. The lowest BCUT2D eigenvalue weighted by Gasteiger charge is -2.29. The van der Waals surface area contributed by atoms with Crippen LogP contribution in [0.25, 0.3) is 0 Å². The molecule has 3 fully saturated rings. The monoisotopic (exact) mass is 350 g/mol. The van der Waals surface area contributed by atoms with Gasteiger partial charge in [-0.1, -0.05) is 0 Å². The van der Waals surface area contributed by atoms with E-state index >= 15 is 0 Å². The predicted molar refractivity (Wildman–Crippen MR) is 77.7 cm³/mol. The molecule has 0 saturated carbocycles. The number of carbonyl (C=O) groups excluding carboxylic acids is 1. The highest BCUT2D eigenvalue weighted by molar-refractivity contribution is 5.99. The molecule has 0 radical (unpaired) electrons. The number of epoxide rings is 3. The molecular formula is C16H14O9. The molecule has 3 saturated heterocycles. The minimum absolute atomic E-state index is 0.163. The van der Waals surface area contributed by atoms with Gasteiger partial charge in [0.25, 0.3) is 0 Å². The maximum absolute atomic E-state index is 12.6. The van der Waals surface area contributed by atoms with Crippen molar-refractivity contribution >= 4 is 17.9 Å². The largest absolute Gasteiger partial charge is 0.478 e. The molecule has 0 spiro atoms. The van der Waals surface area contributed by atoms with Crippen molar-refractivity contribution in [3.63, 3.8) is 0 Å². The van der Waals surface area contributed by atoms with E-state index in [4.69, 9.17) is 29.2 Å². The lowest BCUT2D eigenvalue weighted by atomic mass is 9.91. The summed E-state index contributed by atoms with van der Waals surface area (Å²) in [5.74, 6) is -3.53. The smallest absolute Gasteiger partial charge is 0.339 e. The number of carboxylic acids is 2. The second-order valence-electron chi connectivity index (χ2n) is 6.12. The molecule has 9 heteroatoms. The van der Waals surface area contributed by atoms with Gasteiger partial charge in [-0.15, -0.1) is 0 Å². The van der Waals surface area contributed by atoms with Crippen molar-refractivity contribution in [2.75, 3.05) is 19.8 Å². The summed E-state index contributed by atoms with van der Waals surface area (Å²) in [5, 5.41) is 18.2. The maximum Gasteiger partial charge on any atom is 0.339 e. The molecule has 9 nitrogen and oxygen atoms in total. The maximum atomic E-state index is 12.6. The lowest BCUT2D eigenvalue weighted by molar-refractivity contribution is -0.0623. The summed E-state index contributed by atoms with van der Waals surface area (Å²) < 4.78 is 21.6. The van der Waals surface area contributed by atoms with Crippen molar-refractivity contribution in [1.82, 2.24) is 0 Å². The normalized spacial score (nSPS) is 28.6. The quantitative estimate of drug-likeness (QED) is 0.520. The Balaban J connectivity index is 1.66. The molecule has 3 atom stereocenters. The first kappa shape index (κ1) is 16.0. The van der Waals surface area contributed by atoms with E-state index in [-0.39, 0.29) is 35.0 Å². The molecule has 0 amide bonds. The molecule has 25 heavy (non-hydrogen) atoms. The number of benzene rings is 1. The van der Waals surface area contributed by atoms with Gasteiger partial charge in [0.2, 0.25) is 0 Å². The Morgan fingerprint density at radius 1 is 0.840 bits per heavy atom. The highest BCUT2D eigenvalue weighted by atomic mass is 16.7. The van der Waals surface area contributed by atoms with E-state index < -0.39 is 23.5 Å². The third-order valence-corrected chi connectivity index (χ3v) is 4.44. The third kappa shape index (κ3) is 2.86. The molecule has 3 unspecified atom stereocenters. The first-order valence-electron chi connectivity index (χ1n) is 7.61. The van der Waals surface area contributed by atoms with E-state index in [9.17, 15) is 14.4 Å². The van der Waals surface area contributed by atoms with Crippen LogP contribution in [0.2, 0.25) is 0 Å². The van der Waals surface area contributed by atoms with Gasteiger partial charge in [-0.25, -0.2) is 14.4 Å². The molecule has 0 aliphatic carbocycles. The summed E-state index contributed by atoms with van der Waals surface area (Å²) in [7, 11) is 0. The Hall–Kier alpha value is -2.49. The number of rotatable bonds is 7. The van der Waals surface area contributed by atoms with Crippen LogP contribution < -0.4 is 0 Å². The van der Waals surface area contributed by atoms with Crippen LogP contribution in [0.5, 0.6) is 0 Å². The van der Waals surface area contributed by atoms with Crippen LogP contribution in [0.1, 0.15) is 31.1 Å². The van der Waals surface area contributed by atoms with E-state index in [1.54, 1.807) is 0 Å². The lowest BCUT2D eigenvalue weighted by Crippen LogP contribution is -2.51. The fourth-order valence-corrected chi connectivity index (χ4v) is 2.96. The Labute approximate surface area is 141 Å². The summed E-state index contributed by atoms with van der Waals surface area (Å²) in [6.07, 6.45) is -1.05. The van der Waals surface area contributed by atoms with Crippen LogP contribution in [-0.4, -0.2) is 71.9 Å². The fourth-order valence-electron chi connectivity index (χ4n) is 2.96. The number of aromatic carboxylic acids is 2. The van der Waals surface area contributed by atoms with Gasteiger partial charge in [-0.05, 0) is 18.2 Å². The molecule has 3 aliphatic heterocycles. The van der Waals surface area contributed by atoms with Crippen molar-refractivity contribution < 1.29 is 43.5 Å². The summed E-state index contributed by atoms with van der Waals surface area (Å²) in [6.45, 7) is 1.22. The van der Waals surface area contributed by atoms with Gasteiger partial charge in [0, 0.05) is 0 Å². The molecule has 3 heterocycles. The van der Waals surface area contributed by atoms with Gasteiger partial charge in [-0.2, -0.15) is 0 Å². The third-order valence-electron chi connectivity index (χ3n) is 4.44. The van der Waals surface area contributed by atoms with Crippen LogP contribution >= 0.6 is 0 Å². The van der Waals surface area contributed by atoms with Crippen LogP contribution in [0.4, 0.5) is 0 Å². The number of ether oxygens (including phenoxy) is 4. The van der Waals surface area contributed by atoms with Crippen molar-refractivity contribution in [3.8, 4) is 0 Å². The van der Waals surface area contributed by atoms with Gasteiger partial charge >= 0.3 is 17.9 Å². The first-order valence-corrected chi connectivity index (χ1v) is 7.61. The molecule has 4 rings (SSSR count). The van der Waals surface area contributed by atoms with Crippen LogP contribution in [0.15, 0.2) is 18.2 Å². The summed E-state index contributed by atoms with van der Waals surface area (Å²) in [6, 6.07) is 3.14. The molecule has 132 valence electrons. The van der Waals surface area contributed by atoms with E-state index in [1.807, 2.05) is 0 Å². The topological polar surface area (TPSA) is 138 Å². The Morgan fingerprint density at radius 2 is 1.20 bits per heavy atom. The van der Waals surface area contributed by atoms with Crippen molar-refractivity contribution in [2.45, 2.75) is 23.9 Å².